The van der Waals surface area contributed by atoms with Crippen LogP contribution in [0.1, 0.15) is 62.0 Å². The summed E-state index contributed by atoms with van der Waals surface area (Å²) in [5, 5.41) is 14.5. The van der Waals surface area contributed by atoms with Crippen molar-refractivity contribution in [1.82, 2.24) is 30.5 Å². The number of carbonyl (C=O) groups is 1. The first-order valence-corrected chi connectivity index (χ1v) is 9.85. The largest absolute Gasteiger partial charge is 0.351 e. The summed E-state index contributed by atoms with van der Waals surface area (Å²) in [6.07, 6.45) is 8.67. The maximum Gasteiger partial charge on any atom is 0.273 e. The van der Waals surface area contributed by atoms with Crippen LogP contribution in [0.25, 0.3) is 0 Å². The van der Waals surface area contributed by atoms with E-state index in [2.05, 4.69) is 32.8 Å². The summed E-state index contributed by atoms with van der Waals surface area (Å²) in [4.78, 5) is 14.7. The average molecular weight is 421 g/mol. The van der Waals surface area contributed by atoms with Crippen molar-refractivity contribution in [3.05, 3.63) is 11.9 Å². The Labute approximate surface area is 174 Å². The summed E-state index contributed by atoms with van der Waals surface area (Å²) in [5.74, 6) is 0.779. The number of carbonyl (C=O) groups excluding carboxylic acids is 1. The molecule has 0 aliphatic carbocycles. The first-order chi connectivity index (χ1) is 12.2. The molecule has 1 amide bonds. The van der Waals surface area contributed by atoms with Crippen molar-refractivity contribution < 1.29 is 4.79 Å². The van der Waals surface area contributed by atoms with E-state index in [9.17, 15) is 4.79 Å². The van der Waals surface area contributed by atoms with Crippen molar-refractivity contribution in [3.8, 4) is 0 Å². The number of aromatic nitrogens is 3. The van der Waals surface area contributed by atoms with Gasteiger partial charge in [-0.1, -0.05) is 12.1 Å². The number of likely N-dealkylation sites (tertiary alicyclic amines) is 1. The molecule has 2 fully saturated rings. The smallest absolute Gasteiger partial charge is 0.273 e. The molecule has 2 N–H and O–H groups in total. The fraction of sp³-hybridized carbons (Fsp3) is 0.833. The van der Waals surface area contributed by atoms with Gasteiger partial charge < -0.3 is 15.5 Å². The first-order valence-electron chi connectivity index (χ1n) is 9.85. The van der Waals surface area contributed by atoms with Gasteiger partial charge in [-0.3, -0.25) is 4.79 Å². The number of nitrogens with one attached hydrogen (secondary N) is 2. The number of piperidine rings is 2. The van der Waals surface area contributed by atoms with Gasteiger partial charge in [0.25, 0.3) is 5.91 Å². The molecule has 0 atom stereocenters. The molecule has 0 saturated carbocycles. The second kappa shape index (κ2) is 12.5. The van der Waals surface area contributed by atoms with Crippen LogP contribution >= 0.6 is 24.8 Å². The minimum absolute atomic E-state index is 0. The Morgan fingerprint density at radius 3 is 2.59 bits per heavy atom. The molecule has 3 heterocycles. The molecule has 1 aromatic heterocycles. The Morgan fingerprint density at radius 2 is 1.89 bits per heavy atom. The van der Waals surface area contributed by atoms with Gasteiger partial charge in [-0.2, -0.15) is 0 Å². The van der Waals surface area contributed by atoms with E-state index in [1.807, 2.05) is 4.68 Å². The standard InChI is InChI=1S/C18H32N6O.2ClH/c1-15-6-12-23(13-7-15)11-3-2-8-20-18(25)17-14-24(22-21-17)16-4-9-19-10-5-16;;/h14-16,19H,2-13H2,1H3,(H,20,25);2*1H. The van der Waals surface area contributed by atoms with Crippen LogP contribution < -0.4 is 10.6 Å². The molecule has 27 heavy (non-hydrogen) atoms. The number of nitrogens with zero attached hydrogens (tertiary/aromatic N) is 4. The van der Waals surface area contributed by atoms with Gasteiger partial charge in [0, 0.05) is 6.54 Å². The van der Waals surface area contributed by atoms with E-state index in [1.165, 1.54) is 25.9 Å². The van der Waals surface area contributed by atoms with Gasteiger partial charge in [-0.25, -0.2) is 4.68 Å². The second-order valence-electron chi connectivity index (χ2n) is 7.55. The zero-order chi connectivity index (χ0) is 17.5. The third kappa shape index (κ3) is 7.56. The molecule has 1 aromatic rings. The van der Waals surface area contributed by atoms with Crippen LogP contribution in [0.3, 0.4) is 0 Å². The number of hydrogen-bond acceptors (Lipinski definition) is 5. The van der Waals surface area contributed by atoms with Gasteiger partial charge in [0.2, 0.25) is 0 Å². The van der Waals surface area contributed by atoms with Crippen molar-refractivity contribution >= 4 is 30.7 Å². The van der Waals surface area contributed by atoms with E-state index in [-0.39, 0.29) is 30.7 Å². The molecule has 0 aromatic carbocycles. The maximum atomic E-state index is 12.2. The molecule has 0 spiro atoms. The van der Waals surface area contributed by atoms with Crippen LogP contribution in [-0.2, 0) is 0 Å². The number of unbranched alkanes of at least 4 members (excludes halogenated alkanes) is 1. The lowest BCUT2D eigenvalue weighted by Crippen LogP contribution is -2.34. The third-order valence-corrected chi connectivity index (χ3v) is 5.49. The van der Waals surface area contributed by atoms with E-state index in [0.717, 1.165) is 51.2 Å². The summed E-state index contributed by atoms with van der Waals surface area (Å²) in [7, 11) is 0. The highest BCUT2D eigenvalue weighted by Gasteiger charge is 2.18. The summed E-state index contributed by atoms with van der Waals surface area (Å²) in [5.41, 5.74) is 0.434. The average Bonchev–Trinajstić information content (AvgIpc) is 3.14. The predicted octanol–water partition coefficient (Wildman–Crippen LogP) is 2.29. The van der Waals surface area contributed by atoms with Crippen LogP contribution in [0.5, 0.6) is 0 Å². The molecule has 7 nitrogen and oxygen atoms in total. The summed E-state index contributed by atoms with van der Waals surface area (Å²) >= 11 is 0. The highest BCUT2D eigenvalue weighted by atomic mass is 35.5. The van der Waals surface area contributed by atoms with Crippen LogP contribution in [0.2, 0.25) is 0 Å². The minimum Gasteiger partial charge on any atom is -0.351 e. The summed E-state index contributed by atoms with van der Waals surface area (Å²) in [6.45, 7) is 8.66. The molecular weight excluding hydrogens is 387 g/mol. The molecular formula is C18H34Cl2N6O. The molecule has 2 aliphatic heterocycles. The molecule has 2 aliphatic rings. The zero-order valence-corrected chi connectivity index (χ0v) is 17.9. The van der Waals surface area contributed by atoms with Crippen molar-refractivity contribution in [2.75, 3.05) is 39.3 Å². The molecule has 9 heteroatoms. The van der Waals surface area contributed by atoms with E-state index in [1.54, 1.807) is 6.20 Å². The van der Waals surface area contributed by atoms with E-state index in [0.29, 0.717) is 18.3 Å². The topological polar surface area (TPSA) is 75.1 Å². The number of amides is 1. The number of halogens is 2. The molecule has 2 saturated heterocycles. The Morgan fingerprint density at radius 1 is 1.19 bits per heavy atom. The van der Waals surface area contributed by atoms with Crippen molar-refractivity contribution in [2.24, 2.45) is 5.92 Å². The highest BCUT2D eigenvalue weighted by molar-refractivity contribution is 5.91. The number of hydrogen-bond donors (Lipinski definition) is 2. The quantitative estimate of drug-likeness (QED) is 0.661. The first kappa shape index (κ1) is 24.1. The molecule has 0 unspecified atom stereocenters. The molecule has 0 bridgehead atoms. The highest BCUT2D eigenvalue weighted by Crippen LogP contribution is 2.17. The van der Waals surface area contributed by atoms with Crippen molar-refractivity contribution in [3.63, 3.8) is 0 Å². The Hall–Kier alpha value is -0.890. The van der Waals surface area contributed by atoms with E-state index in [4.69, 9.17) is 0 Å². The molecule has 0 radical (unpaired) electrons. The Balaban J connectivity index is 0.00000182. The van der Waals surface area contributed by atoms with Gasteiger partial charge in [0.05, 0.1) is 12.2 Å². The molecule has 156 valence electrons. The van der Waals surface area contributed by atoms with Crippen LogP contribution in [0, 0.1) is 5.92 Å². The second-order valence-corrected chi connectivity index (χ2v) is 7.55. The summed E-state index contributed by atoms with van der Waals surface area (Å²) < 4.78 is 1.85. The Kier molecular flexibility index (Phi) is 11.2. The van der Waals surface area contributed by atoms with Gasteiger partial charge in [-0.15, -0.1) is 29.9 Å². The fourth-order valence-electron chi connectivity index (χ4n) is 3.67. The monoisotopic (exact) mass is 420 g/mol. The lowest BCUT2D eigenvalue weighted by atomic mass is 9.99. The van der Waals surface area contributed by atoms with Crippen molar-refractivity contribution in [1.29, 1.82) is 0 Å². The maximum absolute atomic E-state index is 12.2. The predicted molar refractivity (Wildman–Crippen MR) is 112 cm³/mol. The molecule has 3 rings (SSSR count). The number of rotatable bonds is 7. The van der Waals surface area contributed by atoms with Gasteiger partial charge in [0.1, 0.15) is 0 Å². The lowest BCUT2D eigenvalue weighted by molar-refractivity contribution is 0.0947. The minimum atomic E-state index is -0.105. The van der Waals surface area contributed by atoms with Gasteiger partial charge in [-0.05, 0) is 77.2 Å². The summed E-state index contributed by atoms with van der Waals surface area (Å²) in [6, 6.07) is 0.363. The van der Waals surface area contributed by atoms with Crippen molar-refractivity contribution in [2.45, 2.75) is 51.5 Å². The van der Waals surface area contributed by atoms with Gasteiger partial charge >= 0.3 is 0 Å². The van der Waals surface area contributed by atoms with Crippen LogP contribution in [0.15, 0.2) is 6.20 Å². The third-order valence-electron chi connectivity index (χ3n) is 5.49. The Bertz CT molecular complexity index is 542. The van der Waals surface area contributed by atoms with E-state index < -0.39 is 0 Å². The lowest BCUT2D eigenvalue weighted by Gasteiger charge is -2.30. The van der Waals surface area contributed by atoms with E-state index >= 15 is 0 Å². The normalized spacial score (nSPS) is 19.1. The SMILES string of the molecule is CC1CCN(CCCCNC(=O)c2cn(C3CCNCC3)nn2)CC1.Cl.Cl. The zero-order valence-electron chi connectivity index (χ0n) is 16.2. The van der Waals surface area contributed by atoms with Gasteiger partial charge in [0.15, 0.2) is 5.69 Å². The van der Waals surface area contributed by atoms with Crippen LogP contribution in [0.4, 0.5) is 0 Å². The van der Waals surface area contributed by atoms with Crippen LogP contribution in [-0.4, -0.2) is 65.1 Å². The fourth-order valence-corrected chi connectivity index (χ4v) is 3.67.